The van der Waals surface area contributed by atoms with E-state index in [1.807, 2.05) is 11.4 Å². The second-order valence-corrected chi connectivity index (χ2v) is 6.84. The largest absolute Gasteiger partial charge is 0.330 e. The lowest BCUT2D eigenvalue weighted by Gasteiger charge is -2.49. The van der Waals surface area contributed by atoms with Gasteiger partial charge in [0, 0.05) is 19.6 Å². The number of nitrogens with one attached hydrogen (secondary N) is 1. The minimum atomic E-state index is 0.0287. The first-order valence-corrected chi connectivity index (χ1v) is 8.24. The molecule has 19 heavy (non-hydrogen) atoms. The van der Waals surface area contributed by atoms with Gasteiger partial charge in [0.05, 0.1) is 10.6 Å². The lowest BCUT2D eigenvalue weighted by atomic mass is 9.79. The van der Waals surface area contributed by atoms with Gasteiger partial charge in [-0.2, -0.15) is 0 Å². The van der Waals surface area contributed by atoms with Gasteiger partial charge in [-0.3, -0.25) is 4.79 Å². The smallest absolute Gasteiger partial charge is 0.266 e. The van der Waals surface area contributed by atoms with Gasteiger partial charge < -0.3 is 10.2 Å². The Hall–Kier alpha value is -0.580. The van der Waals surface area contributed by atoms with Gasteiger partial charge in [0.2, 0.25) is 0 Å². The molecule has 0 atom stereocenters. The summed E-state index contributed by atoms with van der Waals surface area (Å²) in [5.41, 5.74) is 0.0287. The van der Waals surface area contributed by atoms with Crippen LogP contribution in [0.2, 0.25) is 5.02 Å². The Morgan fingerprint density at radius 3 is 2.84 bits per heavy atom. The second-order valence-electron chi connectivity index (χ2n) is 5.52. The number of rotatable bonds is 1. The maximum absolute atomic E-state index is 12.8. The monoisotopic (exact) mass is 298 g/mol. The minimum Gasteiger partial charge on any atom is -0.330 e. The molecular formula is C14H19ClN2OS. The normalized spacial score (nSPS) is 22.7. The van der Waals surface area contributed by atoms with E-state index in [2.05, 4.69) is 10.2 Å². The fraction of sp³-hybridized carbons (Fsp3) is 0.643. The molecule has 0 bridgehead atoms. The number of hydrogen-bond acceptors (Lipinski definition) is 3. The summed E-state index contributed by atoms with van der Waals surface area (Å²) >= 11 is 7.58. The number of amides is 1. The molecule has 1 amide bonds. The average molecular weight is 299 g/mol. The van der Waals surface area contributed by atoms with E-state index in [0.717, 1.165) is 32.5 Å². The molecule has 0 radical (unpaired) electrons. The van der Waals surface area contributed by atoms with Crippen LogP contribution in [-0.4, -0.2) is 36.0 Å². The number of carbonyl (C=O) groups excluding carboxylic acids is 1. The molecule has 2 aliphatic rings. The quantitative estimate of drug-likeness (QED) is 0.864. The van der Waals surface area contributed by atoms with Crippen molar-refractivity contribution in [2.24, 2.45) is 0 Å². The van der Waals surface area contributed by atoms with E-state index in [1.54, 1.807) is 0 Å². The highest BCUT2D eigenvalue weighted by molar-refractivity contribution is 7.12. The van der Waals surface area contributed by atoms with Crippen LogP contribution in [0.25, 0.3) is 0 Å². The molecular weight excluding hydrogens is 280 g/mol. The lowest BCUT2D eigenvalue weighted by molar-refractivity contribution is 0.0227. The topological polar surface area (TPSA) is 32.3 Å². The molecule has 3 nitrogen and oxygen atoms in total. The molecule has 1 spiro atoms. The highest BCUT2D eigenvalue weighted by Crippen LogP contribution is 2.36. The fourth-order valence-corrected chi connectivity index (χ4v) is 4.47. The molecule has 2 heterocycles. The molecule has 1 aliphatic heterocycles. The van der Waals surface area contributed by atoms with E-state index in [-0.39, 0.29) is 11.4 Å². The highest BCUT2D eigenvalue weighted by atomic mass is 35.5. The third kappa shape index (κ3) is 2.41. The first-order chi connectivity index (χ1) is 9.23. The van der Waals surface area contributed by atoms with Gasteiger partial charge in [-0.05, 0) is 24.3 Å². The summed E-state index contributed by atoms with van der Waals surface area (Å²) in [5.74, 6) is 0.128. The van der Waals surface area contributed by atoms with Crippen LogP contribution in [0.5, 0.6) is 0 Å². The number of thiophene rings is 1. The van der Waals surface area contributed by atoms with Crippen LogP contribution >= 0.6 is 22.9 Å². The van der Waals surface area contributed by atoms with Crippen molar-refractivity contribution in [3.63, 3.8) is 0 Å². The maximum atomic E-state index is 12.8. The zero-order chi connectivity index (χ0) is 13.3. The zero-order valence-corrected chi connectivity index (χ0v) is 12.5. The van der Waals surface area contributed by atoms with Gasteiger partial charge in [-0.25, -0.2) is 0 Å². The molecule has 1 saturated carbocycles. The van der Waals surface area contributed by atoms with Crippen LogP contribution in [-0.2, 0) is 0 Å². The SMILES string of the molecule is O=C(c1sccc1Cl)N1CCNCC12CCCCC2. The van der Waals surface area contributed by atoms with E-state index < -0.39 is 0 Å². The number of piperazine rings is 1. The number of carbonyl (C=O) groups is 1. The second kappa shape index (κ2) is 5.43. The molecule has 1 N–H and O–H groups in total. The molecule has 0 unspecified atom stereocenters. The van der Waals surface area contributed by atoms with E-state index in [4.69, 9.17) is 11.6 Å². The summed E-state index contributed by atoms with van der Waals surface area (Å²) < 4.78 is 0. The summed E-state index contributed by atoms with van der Waals surface area (Å²) in [6.07, 6.45) is 5.99. The minimum absolute atomic E-state index is 0.0287. The fourth-order valence-electron chi connectivity index (χ4n) is 3.39. The van der Waals surface area contributed by atoms with E-state index in [1.165, 1.54) is 30.6 Å². The summed E-state index contributed by atoms with van der Waals surface area (Å²) in [7, 11) is 0. The van der Waals surface area contributed by atoms with Crippen molar-refractivity contribution in [1.29, 1.82) is 0 Å². The maximum Gasteiger partial charge on any atom is 0.266 e. The molecule has 1 aromatic heterocycles. The van der Waals surface area contributed by atoms with Crippen molar-refractivity contribution < 1.29 is 4.79 Å². The van der Waals surface area contributed by atoms with Crippen molar-refractivity contribution in [3.05, 3.63) is 21.3 Å². The van der Waals surface area contributed by atoms with Gasteiger partial charge in [-0.15, -0.1) is 11.3 Å². The molecule has 2 fully saturated rings. The van der Waals surface area contributed by atoms with Gasteiger partial charge in [0.25, 0.3) is 5.91 Å². The Morgan fingerprint density at radius 1 is 1.37 bits per heavy atom. The first-order valence-electron chi connectivity index (χ1n) is 6.99. The standard InChI is InChI=1S/C14H19ClN2OS/c15-11-4-9-19-12(11)13(18)17-8-7-16-10-14(17)5-2-1-3-6-14/h4,9,16H,1-3,5-8,10H2. The number of hydrogen-bond donors (Lipinski definition) is 1. The number of halogens is 1. The number of nitrogens with zero attached hydrogens (tertiary/aromatic N) is 1. The Morgan fingerprint density at radius 2 is 2.16 bits per heavy atom. The summed E-state index contributed by atoms with van der Waals surface area (Å²) in [6, 6.07) is 1.81. The highest BCUT2D eigenvalue weighted by Gasteiger charge is 2.42. The van der Waals surface area contributed by atoms with Crippen LogP contribution in [0.1, 0.15) is 41.8 Å². The molecule has 5 heteroatoms. The predicted octanol–water partition coefficient (Wildman–Crippen LogP) is 3.15. The first kappa shape index (κ1) is 13.4. The third-order valence-corrected chi connectivity index (χ3v) is 5.71. The van der Waals surface area contributed by atoms with Crippen LogP contribution in [0, 0.1) is 0 Å². The van der Waals surface area contributed by atoms with Gasteiger partial charge in [0.15, 0.2) is 0 Å². The third-order valence-electron chi connectivity index (χ3n) is 4.38. The van der Waals surface area contributed by atoms with Gasteiger partial charge in [-0.1, -0.05) is 30.9 Å². The van der Waals surface area contributed by atoms with Gasteiger partial charge >= 0.3 is 0 Å². The Balaban J connectivity index is 1.88. The van der Waals surface area contributed by atoms with Crippen molar-refractivity contribution in [1.82, 2.24) is 10.2 Å². The Bertz CT molecular complexity index is 460. The van der Waals surface area contributed by atoms with Crippen molar-refractivity contribution in [2.75, 3.05) is 19.6 Å². The predicted molar refractivity (Wildman–Crippen MR) is 79.1 cm³/mol. The molecule has 1 aromatic rings. The lowest BCUT2D eigenvalue weighted by Crippen LogP contribution is -2.63. The Kier molecular flexibility index (Phi) is 3.83. The van der Waals surface area contributed by atoms with Crippen LogP contribution in [0.4, 0.5) is 0 Å². The molecule has 3 rings (SSSR count). The van der Waals surface area contributed by atoms with Crippen LogP contribution in [0.15, 0.2) is 11.4 Å². The molecule has 1 saturated heterocycles. The molecule has 1 aliphatic carbocycles. The van der Waals surface area contributed by atoms with Crippen molar-refractivity contribution in [2.45, 2.75) is 37.6 Å². The summed E-state index contributed by atoms with van der Waals surface area (Å²) in [5, 5.41) is 5.96. The zero-order valence-electron chi connectivity index (χ0n) is 11.0. The summed E-state index contributed by atoms with van der Waals surface area (Å²) in [4.78, 5) is 15.6. The van der Waals surface area contributed by atoms with E-state index >= 15 is 0 Å². The molecule has 104 valence electrons. The van der Waals surface area contributed by atoms with E-state index in [0.29, 0.717) is 9.90 Å². The van der Waals surface area contributed by atoms with Crippen LogP contribution in [0.3, 0.4) is 0 Å². The Labute approximate surface area is 122 Å². The van der Waals surface area contributed by atoms with Gasteiger partial charge in [0.1, 0.15) is 4.88 Å². The molecule has 0 aromatic carbocycles. The van der Waals surface area contributed by atoms with Crippen molar-refractivity contribution in [3.8, 4) is 0 Å². The van der Waals surface area contributed by atoms with Crippen molar-refractivity contribution >= 4 is 28.8 Å². The van der Waals surface area contributed by atoms with Crippen LogP contribution < -0.4 is 5.32 Å². The average Bonchev–Trinajstić information content (AvgIpc) is 2.86. The summed E-state index contributed by atoms with van der Waals surface area (Å²) in [6.45, 7) is 2.62. The van der Waals surface area contributed by atoms with E-state index in [9.17, 15) is 4.79 Å².